The van der Waals surface area contributed by atoms with Crippen LogP contribution in [0.2, 0.25) is 0 Å². The Bertz CT molecular complexity index is 1490. The van der Waals surface area contributed by atoms with Gasteiger partial charge in [0.05, 0.1) is 35.9 Å². The van der Waals surface area contributed by atoms with Gasteiger partial charge in [0.25, 0.3) is 5.56 Å². The highest BCUT2D eigenvalue weighted by atomic mass is 32.2. The molecule has 35 heavy (non-hydrogen) atoms. The highest BCUT2D eigenvalue weighted by Gasteiger charge is 2.19. The molecule has 0 aliphatic heterocycles. The lowest BCUT2D eigenvalue weighted by Gasteiger charge is -2.09. The van der Waals surface area contributed by atoms with E-state index < -0.39 is 15.1 Å². The van der Waals surface area contributed by atoms with E-state index in [-0.39, 0.29) is 22.8 Å². The van der Waals surface area contributed by atoms with E-state index >= 15 is 0 Å². The summed E-state index contributed by atoms with van der Waals surface area (Å²) in [6, 6.07) is 16.0. The van der Waals surface area contributed by atoms with Crippen LogP contribution >= 0.6 is 0 Å². The van der Waals surface area contributed by atoms with Crippen molar-refractivity contribution in [2.45, 2.75) is 43.5 Å². The third-order valence-electron chi connectivity index (χ3n) is 5.70. The maximum absolute atomic E-state index is 12.8. The SMILES string of the molecule is CC(C)S(=O)(=O)c1ccc(CC(=O)NCCn2ncc3c(=O)n(Cc4ccccc4)cnc32)cc1. The molecule has 0 fully saturated rings. The number of carbonyl (C=O) groups excluding carboxylic acids is 1. The second-order valence-electron chi connectivity index (χ2n) is 8.53. The zero-order chi connectivity index (χ0) is 25.0. The van der Waals surface area contributed by atoms with Gasteiger partial charge in [-0.2, -0.15) is 5.10 Å². The molecule has 4 aromatic rings. The molecule has 0 radical (unpaired) electrons. The van der Waals surface area contributed by atoms with Crippen molar-refractivity contribution in [3.05, 3.63) is 88.6 Å². The Labute approximate surface area is 203 Å². The van der Waals surface area contributed by atoms with E-state index in [9.17, 15) is 18.0 Å². The largest absolute Gasteiger partial charge is 0.354 e. The molecule has 0 saturated carbocycles. The summed E-state index contributed by atoms with van der Waals surface area (Å²) < 4.78 is 27.6. The number of nitrogens with one attached hydrogen (secondary N) is 1. The second-order valence-corrected chi connectivity index (χ2v) is 11.0. The Hall–Kier alpha value is -3.79. The summed E-state index contributed by atoms with van der Waals surface area (Å²) >= 11 is 0. The first-order valence-corrected chi connectivity index (χ1v) is 12.8. The zero-order valence-corrected chi connectivity index (χ0v) is 20.4. The minimum Gasteiger partial charge on any atom is -0.354 e. The van der Waals surface area contributed by atoms with E-state index in [1.807, 2.05) is 30.3 Å². The average molecular weight is 494 g/mol. The number of nitrogens with zero attached hydrogens (tertiary/aromatic N) is 4. The molecule has 0 atom stereocenters. The highest BCUT2D eigenvalue weighted by molar-refractivity contribution is 7.92. The van der Waals surface area contributed by atoms with E-state index in [1.54, 1.807) is 35.2 Å². The van der Waals surface area contributed by atoms with Gasteiger partial charge in [0.2, 0.25) is 5.91 Å². The van der Waals surface area contributed by atoms with Crippen molar-refractivity contribution in [3.63, 3.8) is 0 Å². The maximum atomic E-state index is 12.8. The summed E-state index contributed by atoms with van der Waals surface area (Å²) in [7, 11) is -3.34. The van der Waals surface area contributed by atoms with Crippen LogP contribution < -0.4 is 10.9 Å². The molecule has 0 aliphatic rings. The number of sulfone groups is 1. The number of amides is 1. The second kappa shape index (κ2) is 10.2. The number of fused-ring (bicyclic) bond motifs is 1. The lowest BCUT2D eigenvalue weighted by molar-refractivity contribution is -0.120. The number of aromatic nitrogens is 4. The average Bonchev–Trinajstić information content (AvgIpc) is 3.25. The monoisotopic (exact) mass is 493 g/mol. The van der Waals surface area contributed by atoms with E-state index in [4.69, 9.17) is 0 Å². The number of hydrogen-bond acceptors (Lipinski definition) is 6. The summed E-state index contributed by atoms with van der Waals surface area (Å²) in [4.78, 5) is 29.8. The molecular weight excluding hydrogens is 466 g/mol. The number of hydrogen-bond donors (Lipinski definition) is 1. The minimum atomic E-state index is -3.34. The molecule has 2 heterocycles. The normalized spacial score (nSPS) is 11.7. The van der Waals surface area contributed by atoms with Crippen molar-refractivity contribution >= 4 is 26.8 Å². The van der Waals surface area contributed by atoms with Crippen molar-refractivity contribution in [2.24, 2.45) is 0 Å². The van der Waals surface area contributed by atoms with Crippen LogP contribution in [-0.2, 0) is 34.1 Å². The van der Waals surface area contributed by atoms with Crippen molar-refractivity contribution in [3.8, 4) is 0 Å². The summed E-state index contributed by atoms with van der Waals surface area (Å²) in [5, 5.41) is 7.01. The third-order valence-corrected chi connectivity index (χ3v) is 7.87. The highest BCUT2D eigenvalue weighted by Crippen LogP contribution is 2.16. The van der Waals surface area contributed by atoms with Crippen LogP contribution in [0.5, 0.6) is 0 Å². The summed E-state index contributed by atoms with van der Waals surface area (Å²) in [5.41, 5.74) is 2.02. The topological polar surface area (TPSA) is 116 Å². The van der Waals surface area contributed by atoms with Gasteiger partial charge in [0.1, 0.15) is 11.7 Å². The molecule has 2 aromatic heterocycles. The Morgan fingerprint density at radius 3 is 2.43 bits per heavy atom. The van der Waals surface area contributed by atoms with Gasteiger partial charge in [-0.15, -0.1) is 0 Å². The van der Waals surface area contributed by atoms with Crippen LogP contribution in [0.25, 0.3) is 11.0 Å². The number of benzene rings is 2. The molecule has 2 aromatic carbocycles. The van der Waals surface area contributed by atoms with Crippen LogP contribution in [0, 0.1) is 0 Å². The predicted octanol–water partition coefficient (Wildman–Crippen LogP) is 2.18. The van der Waals surface area contributed by atoms with E-state index in [0.717, 1.165) is 11.1 Å². The number of rotatable bonds is 9. The molecule has 0 unspecified atom stereocenters. The van der Waals surface area contributed by atoms with Crippen LogP contribution in [0.4, 0.5) is 0 Å². The molecule has 10 heteroatoms. The molecule has 0 aliphatic carbocycles. The summed E-state index contributed by atoms with van der Waals surface area (Å²) in [6.07, 6.45) is 3.14. The van der Waals surface area contributed by atoms with Crippen molar-refractivity contribution in [2.75, 3.05) is 6.54 Å². The van der Waals surface area contributed by atoms with Gasteiger partial charge in [-0.3, -0.25) is 14.2 Å². The Morgan fingerprint density at radius 1 is 1.03 bits per heavy atom. The minimum absolute atomic E-state index is 0.129. The fourth-order valence-corrected chi connectivity index (χ4v) is 4.73. The molecule has 9 nitrogen and oxygen atoms in total. The van der Waals surface area contributed by atoms with Gasteiger partial charge in [0, 0.05) is 6.54 Å². The van der Waals surface area contributed by atoms with Gasteiger partial charge in [-0.1, -0.05) is 42.5 Å². The third kappa shape index (κ3) is 5.48. The van der Waals surface area contributed by atoms with Crippen LogP contribution in [-0.4, -0.2) is 45.5 Å². The maximum Gasteiger partial charge on any atom is 0.264 e. The fourth-order valence-electron chi connectivity index (χ4n) is 3.67. The number of carbonyl (C=O) groups is 1. The molecule has 0 bridgehead atoms. The molecule has 4 rings (SSSR count). The van der Waals surface area contributed by atoms with E-state index in [2.05, 4.69) is 15.4 Å². The predicted molar refractivity (Wildman–Crippen MR) is 133 cm³/mol. The molecule has 0 spiro atoms. The van der Waals surface area contributed by atoms with E-state index in [0.29, 0.717) is 30.7 Å². The lowest BCUT2D eigenvalue weighted by Crippen LogP contribution is -2.29. The standard InChI is InChI=1S/C25H27N5O4S/c1-18(2)35(33,34)21-10-8-19(9-11-21)14-23(31)26-12-13-30-24-22(15-28-30)25(32)29(17-27-24)16-20-6-4-3-5-7-20/h3-11,15,17-18H,12-14,16H2,1-2H3,(H,26,31). The van der Waals surface area contributed by atoms with Gasteiger partial charge >= 0.3 is 0 Å². The molecule has 1 N–H and O–H groups in total. The molecular formula is C25H27N5O4S. The quantitative estimate of drug-likeness (QED) is 0.382. The van der Waals surface area contributed by atoms with E-state index in [1.165, 1.54) is 24.7 Å². The van der Waals surface area contributed by atoms with Crippen molar-refractivity contribution < 1.29 is 13.2 Å². The zero-order valence-electron chi connectivity index (χ0n) is 19.6. The smallest absolute Gasteiger partial charge is 0.264 e. The van der Waals surface area contributed by atoms with Crippen LogP contribution in [0.15, 0.2) is 76.8 Å². The van der Waals surface area contributed by atoms with Crippen LogP contribution in [0.1, 0.15) is 25.0 Å². The Kier molecular flexibility index (Phi) is 7.11. The first-order valence-electron chi connectivity index (χ1n) is 11.3. The van der Waals surface area contributed by atoms with Crippen molar-refractivity contribution in [1.82, 2.24) is 24.6 Å². The summed E-state index contributed by atoms with van der Waals surface area (Å²) in [6.45, 7) is 4.36. The summed E-state index contributed by atoms with van der Waals surface area (Å²) in [5.74, 6) is -0.195. The molecule has 182 valence electrons. The van der Waals surface area contributed by atoms with Crippen molar-refractivity contribution in [1.29, 1.82) is 0 Å². The fraction of sp³-hybridized carbons (Fsp3) is 0.280. The van der Waals surface area contributed by atoms with Crippen LogP contribution in [0.3, 0.4) is 0 Å². The first kappa shape index (κ1) is 24.3. The first-order chi connectivity index (χ1) is 16.8. The molecule has 1 amide bonds. The Balaban J connectivity index is 1.35. The van der Waals surface area contributed by atoms with Gasteiger partial charge in [0.15, 0.2) is 15.5 Å². The molecule has 0 saturated heterocycles. The van der Waals surface area contributed by atoms with Gasteiger partial charge < -0.3 is 5.32 Å². The lowest BCUT2D eigenvalue weighted by atomic mass is 10.1. The van der Waals surface area contributed by atoms with Gasteiger partial charge in [-0.25, -0.2) is 18.1 Å². The van der Waals surface area contributed by atoms with Gasteiger partial charge in [-0.05, 0) is 37.1 Å². The Morgan fingerprint density at radius 2 is 1.74 bits per heavy atom.